The van der Waals surface area contributed by atoms with Crippen molar-refractivity contribution in [3.63, 3.8) is 0 Å². The van der Waals surface area contributed by atoms with E-state index in [4.69, 9.17) is 9.47 Å². The maximum Gasteiger partial charge on any atom is 0.119 e. The van der Waals surface area contributed by atoms with Crippen molar-refractivity contribution in [1.29, 1.82) is 0 Å². The Morgan fingerprint density at radius 3 is 2.85 bits per heavy atom. The molecule has 3 heterocycles. The van der Waals surface area contributed by atoms with Gasteiger partial charge in [-0.1, -0.05) is 6.42 Å². The summed E-state index contributed by atoms with van der Waals surface area (Å²) in [6.45, 7) is 9.65. The lowest BCUT2D eigenvalue weighted by molar-refractivity contribution is 0.0301. The molecule has 27 heavy (non-hydrogen) atoms. The average Bonchev–Trinajstić information content (AvgIpc) is 3.03. The van der Waals surface area contributed by atoms with Gasteiger partial charge >= 0.3 is 0 Å². The number of H-pyrrole nitrogens is 1. The van der Waals surface area contributed by atoms with Gasteiger partial charge in [-0.15, -0.1) is 0 Å². The number of likely N-dealkylation sites (tertiary alicyclic amines) is 1. The number of fused-ring (bicyclic) bond motifs is 1. The fourth-order valence-electron chi connectivity index (χ4n) is 4.60. The van der Waals surface area contributed by atoms with Crippen LogP contribution in [0.25, 0.3) is 10.9 Å². The molecular formula is C22H33N3O2. The highest BCUT2D eigenvalue weighted by Crippen LogP contribution is 2.29. The van der Waals surface area contributed by atoms with Crippen molar-refractivity contribution in [2.75, 3.05) is 46.5 Å². The van der Waals surface area contributed by atoms with Crippen molar-refractivity contribution in [3.05, 3.63) is 29.5 Å². The summed E-state index contributed by atoms with van der Waals surface area (Å²) >= 11 is 0. The Kier molecular flexibility index (Phi) is 6.01. The van der Waals surface area contributed by atoms with Crippen LogP contribution in [0.5, 0.6) is 5.75 Å². The van der Waals surface area contributed by atoms with E-state index in [1.807, 2.05) is 6.07 Å². The van der Waals surface area contributed by atoms with Crippen molar-refractivity contribution in [2.45, 2.75) is 45.2 Å². The molecule has 0 aliphatic carbocycles. The van der Waals surface area contributed by atoms with E-state index in [1.165, 1.54) is 60.9 Å². The Morgan fingerprint density at radius 1 is 1.19 bits per heavy atom. The molecule has 0 saturated carbocycles. The smallest absolute Gasteiger partial charge is 0.119 e. The van der Waals surface area contributed by atoms with Crippen molar-refractivity contribution in [2.24, 2.45) is 0 Å². The lowest BCUT2D eigenvalue weighted by Crippen LogP contribution is -2.43. The summed E-state index contributed by atoms with van der Waals surface area (Å²) in [7, 11) is 1.73. The van der Waals surface area contributed by atoms with Gasteiger partial charge in [0.1, 0.15) is 5.75 Å². The molecule has 0 spiro atoms. The molecule has 2 fully saturated rings. The summed E-state index contributed by atoms with van der Waals surface area (Å²) in [4.78, 5) is 8.94. The third-order valence-corrected chi connectivity index (χ3v) is 6.36. The predicted molar refractivity (Wildman–Crippen MR) is 110 cm³/mol. The number of benzene rings is 1. The number of nitrogens with zero attached hydrogens (tertiary/aromatic N) is 2. The summed E-state index contributed by atoms with van der Waals surface area (Å²) in [5.41, 5.74) is 3.93. The van der Waals surface area contributed by atoms with Crippen molar-refractivity contribution < 1.29 is 9.47 Å². The molecule has 0 unspecified atom stereocenters. The Labute approximate surface area is 162 Å². The summed E-state index contributed by atoms with van der Waals surface area (Å²) < 4.78 is 10.9. The number of piperidine rings is 1. The first kappa shape index (κ1) is 18.8. The number of ether oxygens (including phenoxy) is 2. The van der Waals surface area contributed by atoms with Crippen LogP contribution in [0.15, 0.2) is 18.2 Å². The van der Waals surface area contributed by atoms with E-state index in [9.17, 15) is 0 Å². The molecule has 0 radical (unpaired) electrons. The monoisotopic (exact) mass is 371 g/mol. The van der Waals surface area contributed by atoms with Gasteiger partial charge in [-0.25, -0.2) is 0 Å². The van der Waals surface area contributed by atoms with E-state index in [2.05, 4.69) is 33.8 Å². The van der Waals surface area contributed by atoms with Crippen LogP contribution in [0.4, 0.5) is 0 Å². The number of methoxy groups -OCH3 is 1. The molecular weight excluding hydrogens is 338 g/mol. The Bertz CT molecular complexity index is 751. The Balaban J connectivity index is 1.44. The summed E-state index contributed by atoms with van der Waals surface area (Å²) in [5, 5.41) is 1.28. The van der Waals surface area contributed by atoms with Crippen LogP contribution in [0.1, 0.15) is 36.9 Å². The SMILES string of the molecule is COc1ccc2[nH]c(CN3CCCC[C@@H]3CCN3CCOCC3)c(C)c2c1. The molecule has 1 aromatic heterocycles. The fraction of sp³-hybridized carbons (Fsp3) is 0.636. The molecule has 2 aliphatic heterocycles. The molecule has 5 nitrogen and oxygen atoms in total. The number of aromatic amines is 1. The Hall–Kier alpha value is -1.56. The molecule has 2 saturated heterocycles. The van der Waals surface area contributed by atoms with Crippen LogP contribution in [0.3, 0.4) is 0 Å². The van der Waals surface area contributed by atoms with Gasteiger partial charge in [0, 0.05) is 42.3 Å². The van der Waals surface area contributed by atoms with E-state index >= 15 is 0 Å². The van der Waals surface area contributed by atoms with Crippen LogP contribution >= 0.6 is 0 Å². The zero-order chi connectivity index (χ0) is 18.6. The van der Waals surface area contributed by atoms with Gasteiger partial charge in [-0.3, -0.25) is 9.80 Å². The molecule has 0 amide bonds. The lowest BCUT2D eigenvalue weighted by atomic mass is 9.98. The van der Waals surface area contributed by atoms with Gasteiger partial charge in [0.15, 0.2) is 0 Å². The molecule has 2 aliphatic rings. The molecule has 4 rings (SSSR count). The molecule has 2 aromatic rings. The second-order valence-electron chi connectivity index (χ2n) is 8.00. The van der Waals surface area contributed by atoms with Crippen molar-refractivity contribution >= 4 is 10.9 Å². The summed E-state index contributed by atoms with van der Waals surface area (Å²) in [6.07, 6.45) is 5.29. The first-order chi connectivity index (χ1) is 13.2. The zero-order valence-electron chi connectivity index (χ0n) is 16.8. The molecule has 5 heteroatoms. The average molecular weight is 372 g/mol. The minimum atomic E-state index is 0.696. The first-order valence-electron chi connectivity index (χ1n) is 10.4. The maximum atomic E-state index is 5.48. The first-order valence-corrected chi connectivity index (χ1v) is 10.4. The summed E-state index contributed by atoms with van der Waals surface area (Å²) in [5.74, 6) is 0.928. The second-order valence-corrected chi connectivity index (χ2v) is 8.00. The molecule has 148 valence electrons. The number of aromatic nitrogens is 1. The Morgan fingerprint density at radius 2 is 2.04 bits per heavy atom. The number of hydrogen-bond donors (Lipinski definition) is 1. The molecule has 1 aromatic carbocycles. The third-order valence-electron chi connectivity index (χ3n) is 6.36. The minimum Gasteiger partial charge on any atom is -0.497 e. The van der Waals surface area contributed by atoms with Gasteiger partial charge in [0.25, 0.3) is 0 Å². The highest BCUT2D eigenvalue weighted by Gasteiger charge is 2.24. The minimum absolute atomic E-state index is 0.696. The standard InChI is InChI=1S/C22H33N3O2/c1-17-20-15-19(26-2)6-7-21(20)23-22(17)16-25-9-4-3-5-18(25)8-10-24-11-13-27-14-12-24/h6-7,15,18,23H,3-5,8-14,16H2,1-2H3/t18-/m1/s1. The van der Waals surface area contributed by atoms with E-state index in [0.29, 0.717) is 6.04 Å². The van der Waals surface area contributed by atoms with Crippen molar-refractivity contribution in [1.82, 2.24) is 14.8 Å². The fourth-order valence-corrected chi connectivity index (χ4v) is 4.60. The lowest BCUT2D eigenvalue weighted by Gasteiger charge is -2.37. The molecule has 1 atom stereocenters. The quantitative estimate of drug-likeness (QED) is 0.843. The zero-order valence-corrected chi connectivity index (χ0v) is 16.8. The number of aryl methyl sites for hydroxylation is 1. The number of hydrogen-bond acceptors (Lipinski definition) is 4. The van der Waals surface area contributed by atoms with E-state index in [-0.39, 0.29) is 0 Å². The van der Waals surface area contributed by atoms with Crippen LogP contribution in [-0.2, 0) is 11.3 Å². The predicted octanol–water partition coefficient (Wildman–Crippen LogP) is 3.56. The van der Waals surface area contributed by atoms with Crippen LogP contribution < -0.4 is 4.74 Å². The third kappa shape index (κ3) is 4.31. The van der Waals surface area contributed by atoms with Gasteiger partial charge in [0.2, 0.25) is 0 Å². The van der Waals surface area contributed by atoms with Crippen LogP contribution in [0, 0.1) is 6.92 Å². The van der Waals surface area contributed by atoms with Gasteiger partial charge in [-0.05, 0) is 63.0 Å². The highest BCUT2D eigenvalue weighted by molar-refractivity contribution is 5.85. The van der Waals surface area contributed by atoms with Gasteiger partial charge in [0.05, 0.1) is 20.3 Å². The van der Waals surface area contributed by atoms with E-state index in [1.54, 1.807) is 7.11 Å². The normalized spacial score (nSPS) is 22.4. The number of morpholine rings is 1. The van der Waals surface area contributed by atoms with Gasteiger partial charge in [-0.2, -0.15) is 0 Å². The van der Waals surface area contributed by atoms with E-state index < -0.39 is 0 Å². The van der Waals surface area contributed by atoms with E-state index in [0.717, 1.165) is 38.6 Å². The van der Waals surface area contributed by atoms with Crippen LogP contribution in [0.2, 0.25) is 0 Å². The van der Waals surface area contributed by atoms with Gasteiger partial charge < -0.3 is 14.5 Å². The second kappa shape index (κ2) is 8.63. The highest BCUT2D eigenvalue weighted by atomic mass is 16.5. The number of nitrogens with one attached hydrogen (secondary N) is 1. The molecule has 1 N–H and O–H groups in total. The maximum absolute atomic E-state index is 5.48. The summed E-state index contributed by atoms with van der Waals surface area (Å²) in [6, 6.07) is 7.02. The topological polar surface area (TPSA) is 40.7 Å². The van der Waals surface area contributed by atoms with Crippen LogP contribution in [-0.4, -0.2) is 67.3 Å². The van der Waals surface area contributed by atoms with Crippen molar-refractivity contribution in [3.8, 4) is 5.75 Å². The largest absolute Gasteiger partial charge is 0.497 e. The molecule has 0 bridgehead atoms. The number of rotatable bonds is 6.